The first-order chi connectivity index (χ1) is 25.5. The highest BCUT2D eigenvalue weighted by atomic mass is 32.2. The van der Waals surface area contributed by atoms with Crippen molar-refractivity contribution in [3.05, 3.63) is 102 Å². The Bertz CT molecular complexity index is 1740. The molecule has 0 bridgehead atoms. The Morgan fingerprint density at radius 3 is 1.87 bits per heavy atom. The zero-order valence-corrected chi connectivity index (χ0v) is 30.9. The van der Waals surface area contributed by atoms with E-state index in [1.807, 2.05) is 0 Å². The summed E-state index contributed by atoms with van der Waals surface area (Å²) >= 11 is 0. The van der Waals surface area contributed by atoms with Gasteiger partial charge >= 0.3 is 12.1 Å². The molecule has 4 amide bonds. The molecule has 3 rings (SSSR count). The van der Waals surface area contributed by atoms with Gasteiger partial charge in [-0.05, 0) is 81.8 Å². The van der Waals surface area contributed by atoms with Gasteiger partial charge in [0, 0.05) is 6.42 Å². The van der Waals surface area contributed by atoms with Crippen LogP contribution in [0.2, 0.25) is 0 Å². The highest BCUT2D eigenvalue weighted by molar-refractivity contribution is 7.89. The Morgan fingerprint density at radius 1 is 0.792 bits per heavy atom. The molecular weight excluding hydrogens is 703 g/mol. The third-order valence-corrected chi connectivity index (χ3v) is 10.3. The predicted molar refractivity (Wildman–Crippen MR) is 197 cm³/mol. The molecular formula is C38H49N5O9S. The highest BCUT2D eigenvalue weighted by Crippen LogP contribution is 2.22. The molecule has 3 atom stereocenters. The molecule has 0 heterocycles. The van der Waals surface area contributed by atoms with Crippen molar-refractivity contribution in [3.8, 4) is 0 Å². The molecule has 0 spiro atoms. The Labute approximate surface area is 310 Å². The summed E-state index contributed by atoms with van der Waals surface area (Å²) in [5, 5.41) is 2.62. The number of unbranched alkanes of at least 4 members (excludes halogenated alkanes) is 2. The van der Waals surface area contributed by atoms with E-state index in [0.717, 1.165) is 12.7 Å². The highest BCUT2D eigenvalue weighted by Gasteiger charge is 2.42. The van der Waals surface area contributed by atoms with Crippen molar-refractivity contribution >= 4 is 40.3 Å². The number of ether oxygens (including phenoxy) is 2. The maximum absolute atomic E-state index is 14.7. The lowest BCUT2D eigenvalue weighted by molar-refractivity contribution is -0.153. The molecule has 0 unspecified atom stereocenters. The minimum Gasteiger partial charge on any atom is -0.467 e. The van der Waals surface area contributed by atoms with Gasteiger partial charge in [-0.25, -0.2) is 27.2 Å². The second-order valence-electron chi connectivity index (χ2n) is 12.4. The number of nitrogens with one attached hydrogen (secondary N) is 1. The van der Waals surface area contributed by atoms with Crippen molar-refractivity contribution in [2.75, 3.05) is 20.2 Å². The number of esters is 1. The summed E-state index contributed by atoms with van der Waals surface area (Å²) in [6.07, 6.45) is 0.0888. The number of hydrogen-bond acceptors (Lipinski definition) is 11. The normalized spacial score (nSPS) is 12.8. The monoisotopic (exact) mass is 751 g/mol. The third-order valence-electron chi connectivity index (χ3n) is 8.49. The number of amides is 4. The van der Waals surface area contributed by atoms with Crippen molar-refractivity contribution in [3.63, 3.8) is 0 Å². The van der Waals surface area contributed by atoms with Crippen molar-refractivity contribution < 1.29 is 41.9 Å². The van der Waals surface area contributed by atoms with Crippen LogP contribution in [0, 0.1) is 6.92 Å². The summed E-state index contributed by atoms with van der Waals surface area (Å²) < 4.78 is 38.5. The number of carbonyl (C=O) groups is 5. The Morgan fingerprint density at radius 2 is 1.34 bits per heavy atom. The van der Waals surface area contributed by atoms with Gasteiger partial charge in [0.25, 0.3) is 15.9 Å². The molecule has 15 heteroatoms. The summed E-state index contributed by atoms with van der Waals surface area (Å²) in [6, 6.07) is 18.5. The van der Waals surface area contributed by atoms with Gasteiger partial charge in [-0.2, -0.15) is 0 Å². The number of benzene rings is 3. The van der Waals surface area contributed by atoms with E-state index < -0.39 is 52.0 Å². The molecule has 0 aliphatic carbocycles. The summed E-state index contributed by atoms with van der Waals surface area (Å²) in [5.41, 5.74) is 13.3. The molecule has 14 nitrogen and oxygen atoms in total. The Balaban J connectivity index is 2.09. The smallest absolute Gasteiger partial charge is 0.417 e. The number of aryl methyl sites for hydroxylation is 1. The van der Waals surface area contributed by atoms with Crippen LogP contribution >= 0.6 is 0 Å². The van der Waals surface area contributed by atoms with Crippen LogP contribution in [0.4, 0.5) is 4.79 Å². The number of hydrogen-bond donors (Lipinski definition) is 3. The Kier molecular flexibility index (Phi) is 17.1. The first-order valence-electron chi connectivity index (χ1n) is 17.4. The van der Waals surface area contributed by atoms with Gasteiger partial charge in [-0.3, -0.25) is 14.4 Å². The fourth-order valence-electron chi connectivity index (χ4n) is 5.60. The zero-order valence-electron chi connectivity index (χ0n) is 30.1. The fraction of sp³-hybridized carbons (Fsp3) is 0.395. The molecule has 5 N–H and O–H groups in total. The average molecular weight is 752 g/mol. The van der Waals surface area contributed by atoms with Gasteiger partial charge < -0.3 is 26.3 Å². The molecule has 0 fully saturated rings. The molecule has 0 saturated heterocycles. The van der Waals surface area contributed by atoms with E-state index >= 15 is 0 Å². The number of carbonyl (C=O) groups excluding carboxylic acids is 5. The molecule has 0 aliphatic heterocycles. The van der Waals surface area contributed by atoms with Crippen LogP contribution in [-0.4, -0.2) is 86.2 Å². The number of rotatable bonds is 21. The number of imide groups is 1. The third kappa shape index (κ3) is 12.2. The minimum atomic E-state index is -4.54. The van der Waals surface area contributed by atoms with Gasteiger partial charge in [0.1, 0.15) is 24.7 Å². The second-order valence-corrected chi connectivity index (χ2v) is 14.2. The van der Waals surface area contributed by atoms with Crippen molar-refractivity contribution in [2.24, 2.45) is 11.5 Å². The molecule has 3 aromatic carbocycles. The van der Waals surface area contributed by atoms with Crippen LogP contribution in [0.3, 0.4) is 0 Å². The SMILES string of the molecule is COC(=O)[C@H](CCCCN)N(C(=O)OCc1ccccc1)C(=O)[C@H](Cc1ccccc1)NC(=O)[C@@H](CCCCN)N(C=O)S(=O)(=O)c1ccc(C)cc1. The average Bonchev–Trinajstić information content (AvgIpc) is 3.16. The first-order valence-corrected chi connectivity index (χ1v) is 18.8. The van der Waals surface area contributed by atoms with E-state index in [0.29, 0.717) is 39.6 Å². The van der Waals surface area contributed by atoms with Crippen LogP contribution < -0.4 is 16.8 Å². The van der Waals surface area contributed by atoms with E-state index in [1.165, 1.54) is 12.1 Å². The van der Waals surface area contributed by atoms with Crippen LogP contribution in [0.15, 0.2) is 89.8 Å². The molecule has 53 heavy (non-hydrogen) atoms. The first kappa shape index (κ1) is 42.3. The minimum absolute atomic E-state index is 0.0164. The second kappa shape index (κ2) is 21.4. The van der Waals surface area contributed by atoms with Gasteiger partial charge in [-0.15, -0.1) is 0 Å². The van der Waals surface area contributed by atoms with E-state index in [2.05, 4.69) is 5.32 Å². The number of nitrogens with zero attached hydrogens (tertiary/aromatic N) is 2. The number of sulfonamides is 1. The number of methoxy groups -OCH3 is 1. The molecule has 0 aromatic heterocycles. The van der Waals surface area contributed by atoms with Crippen LogP contribution in [0.1, 0.15) is 55.2 Å². The Hall–Kier alpha value is -5.12. The molecule has 3 aromatic rings. The van der Waals surface area contributed by atoms with E-state index in [9.17, 15) is 32.4 Å². The van der Waals surface area contributed by atoms with Gasteiger partial charge in [0.05, 0.1) is 12.0 Å². The van der Waals surface area contributed by atoms with Crippen LogP contribution in [0.25, 0.3) is 0 Å². The lowest BCUT2D eigenvalue weighted by Gasteiger charge is -2.33. The van der Waals surface area contributed by atoms with Crippen molar-refractivity contribution in [1.82, 2.24) is 14.5 Å². The van der Waals surface area contributed by atoms with E-state index in [1.54, 1.807) is 79.7 Å². The van der Waals surface area contributed by atoms with Gasteiger partial charge in [0.15, 0.2) is 0 Å². The largest absolute Gasteiger partial charge is 0.467 e. The lowest BCUT2D eigenvalue weighted by atomic mass is 10.0. The maximum Gasteiger partial charge on any atom is 0.417 e. The molecule has 0 radical (unpaired) electrons. The van der Waals surface area contributed by atoms with Crippen molar-refractivity contribution in [1.29, 1.82) is 0 Å². The fourth-order valence-corrected chi connectivity index (χ4v) is 6.97. The topological polar surface area (TPSA) is 208 Å². The summed E-state index contributed by atoms with van der Waals surface area (Å²) in [4.78, 5) is 69.0. The lowest BCUT2D eigenvalue weighted by Crippen LogP contribution is -2.59. The molecule has 0 saturated carbocycles. The van der Waals surface area contributed by atoms with E-state index in [-0.39, 0.29) is 56.7 Å². The predicted octanol–water partition coefficient (Wildman–Crippen LogP) is 3.20. The molecule has 0 aliphatic rings. The van der Waals surface area contributed by atoms with Gasteiger partial charge in [0.2, 0.25) is 12.3 Å². The number of nitrogens with two attached hydrogens (primary N) is 2. The summed E-state index contributed by atoms with van der Waals surface area (Å²) in [7, 11) is -3.42. The quantitative estimate of drug-likeness (QED) is 0.0818. The van der Waals surface area contributed by atoms with Crippen molar-refractivity contribution in [2.45, 2.75) is 81.5 Å². The molecule has 286 valence electrons. The summed E-state index contributed by atoms with van der Waals surface area (Å²) in [6.45, 7) is 2.07. The van der Waals surface area contributed by atoms with Gasteiger partial charge in [-0.1, -0.05) is 78.4 Å². The van der Waals surface area contributed by atoms with Crippen LogP contribution in [-0.2, 0) is 51.7 Å². The van der Waals surface area contributed by atoms with E-state index in [4.69, 9.17) is 20.9 Å². The summed E-state index contributed by atoms with van der Waals surface area (Å²) in [5.74, 6) is -2.88. The standard InChI is InChI=1S/C38H49N5O9S/c1-28-19-21-31(22-20-28)53(49,50)42(27-44)33(17-9-11-23-39)35(45)41-32(25-29-13-5-3-6-14-29)36(46)43(34(37(47)51-2)18-10-12-24-40)38(48)52-26-30-15-7-4-8-16-30/h3-8,13-16,19-22,27,32-34H,9-12,17-18,23-26,39-40H2,1-2H3,(H,41,45)/t32-,33+,34-/m0/s1. The zero-order chi connectivity index (χ0) is 38.8. The van der Waals surface area contributed by atoms with Crippen LogP contribution in [0.5, 0.6) is 0 Å². The maximum atomic E-state index is 14.7.